The first-order valence-corrected chi connectivity index (χ1v) is 6.31. The van der Waals surface area contributed by atoms with Crippen molar-refractivity contribution < 1.29 is 5.11 Å². The second-order valence-corrected chi connectivity index (χ2v) is 4.80. The lowest BCUT2D eigenvalue weighted by Crippen LogP contribution is -2.46. The number of piperazine rings is 1. The molecular formula is C12H22N4O. The van der Waals surface area contributed by atoms with E-state index in [9.17, 15) is 5.11 Å². The molecule has 0 saturated carbocycles. The van der Waals surface area contributed by atoms with E-state index in [0.29, 0.717) is 6.04 Å². The van der Waals surface area contributed by atoms with Gasteiger partial charge in [-0.25, -0.2) is 4.98 Å². The van der Waals surface area contributed by atoms with Crippen molar-refractivity contribution in [2.45, 2.75) is 25.9 Å². The minimum Gasteiger partial charge on any atom is -0.394 e. The Labute approximate surface area is 102 Å². The molecule has 1 atom stereocenters. The van der Waals surface area contributed by atoms with E-state index < -0.39 is 0 Å². The fraction of sp³-hybridized carbons (Fsp3) is 0.750. The number of aliphatic hydroxyl groups is 1. The van der Waals surface area contributed by atoms with Gasteiger partial charge in [-0.2, -0.15) is 0 Å². The van der Waals surface area contributed by atoms with Crippen LogP contribution in [0.3, 0.4) is 0 Å². The third-order valence-corrected chi connectivity index (χ3v) is 3.36. The molecule has 0 radical (unpaired) electrons. The van der Waals surface area contributed by atoms with E-state index in [1.165, 1.54) is 0 Å². The van der Waals surface area contributed by atoms with Crippen LogP contribution >= 0.6 is 0 Å². The van der Waals surface area contributed by atoms with E-state index in [2.05, 4.69) is 33.6 Å². The van der Waals surface area contributed by atoms with Crippen LogP contribution in [0.15, 0.2) is 12.5 Å². The summed E-state index contributed by atoms with van der Waals surface area (Å²) in [4.78, 5) is 6.54. The fourth-order valence-corrected chi connectivity index (χ4v) is 2.39. The molecule has 0 aliphatic carbocycles. The Bertz CT molecular complexity index is 344. The zero-order valence-corrected chi connectivity index (χ0v) is 10.6. The van der Waals surface area contributed by atoms with Gasteiger partial charge >= 0.3 is 0 Å². The van der Waals surface area contributed by atoms with Crippen molar-refractivity contribution in [1.82, 2.24) is 19.8 Å². The molecular weight excluding hydrogens is 216 g/mol. The van der Waals surface area contributed by atoms with Gasteiger partial charge in [0.1, 0.15) is 0 Å². The van der Waals surface area contributed by atoms with Crippen LogP contribution in [0.2, 0.25) is 0 Å². The summed E-state index contributed by atoms with van der Waals surface area (Å²) in [5.74, 6) is 0. The average molecular weight is 238 g/mol. The second-order valence-electron chi connectivity index (χ2n) is 4.80. The first-order chi connectivity index (χ1) is 8.24. The molecule has 2 heterocycles. The summed E-state index contributed by atoms with van der Waals surface area (Å²) >= 11 is 0. The molecule has 0 amide bonds. The molecule has 1 aromatic rings. The molecule has 0 bridgehead atoms. The van der Waals surface area contributed by atoms with Crippen LogP contribution in [0, 0.1) is 0 Å². The summed E-state index contributed by atoms with van der Waals surface area (Å²) in [5.41, 5.74) is 1.12. The van der Waals surface area contributed by atoms with Crippen LogP contribution in [-0.4, -0.2) is 52.3 Å². The highest BCUT2D eigenvalue weighted by atomic mass is 16.3. The van der Waals surface area contributed by atoms with Gasteiger partial charge in [0, 0.05) is 38.4 Å². The summed E-state index contributed by atoms with van der Waals surface area (Å²) in [6, 6.07) is 0.450. The second kappa shape index (κ2) is 5.62. The Balaban J connectivity index is 2.18. The van der Waals surface area contributed by atoms with Crippen molar-refractivity contribution >= 4 is 0 Å². The number of hydrogen-bond donors (Lipinski definition) is 2. The van der Waals surface area contributed by atoms with Crippen molar-refractivity contribution in [3.63, 3.8) is 0 Å². The number of nitrogens with zero attached hydrogens (tertiary/aromatic N) is 3. The Morgan fingerprint density at radius 3 is 2.71 bits per heavy atom. The summed E-state index contributed by atoms with van der Waals surface area (Å²) < 4.78 is 2.14. The number of imidazole rings is 1. The van der Waals surface area contributed by atoms with Gasteiger partial charge in [-0.3, -0.25) is 4.90 Å². The molecule has 5 heteroatoms. The Hall–Kier alpha value is -0.910. The molecule has 5 nitrogen and oxygen atoms in total. The minimum absolute atomic E-state index is 0.0713. The molecule has 0 spiro atoms. The largest absolute Gasteiger partial charge is 0.394 e. The van der Waals surface area contributed by atoms with E-state index in [1.54, 1.807) is 0 Å². The average Bonchev–Trinajstić information content (AvgIpc) is 2.81. The van der Waals surface area contributed by atoms with Gasteiger partial charge in [-0.1, -0.05) is 0 Å². The Kier molecular flexibility index (Phi) is 4.15. The summed E-state index contributed by atoms with van der Waals surface area (Å²) in [5, 5.41) is 13.0. The van der Waals surface area contributed by atoms with Gasteiger partial charge in [0.25, 0.3) is 0 Å². The number of rotatable bonds is 4. The van der Waals surface area contributed by atoms with Gasteiger partial charge < -0.3 is 15.0 Å². The van der Waals surface area contributed by atoms with Crippen molar-refractivity contribution in [2.75, 3.05) is 32.8 Å². The van der Waals surface area contributed by atoms with E-state index in [1.807, 2.05) is 12.5 Å². The summed E-state index contributed by atoms with van der Waals surface area (Å²) in [6.45, 7) is 8.37. The maximum atomic E-state index is 9.65. The van der Waals surface area contributed by atoms with Crippen LogP contribution in [0.5, 0.6) is 0 Å². The first kappa shape index (κ1) is 12.5. The number of hydrogen-bond acceptors (Lipinski definition) is 4. The fourth-order valence-electron chi connectivity index (χ4n) is 2.39. The molecule has 2 rings (SSSR count). The Morgan fingerprint density at radius 1 is 1.41 bits per heavy atom. The van der Waals surface area contributed by atoms with Crippen LogP contribution in [-0.2, 0) is 0 Å². The van der Waals surface area contributed by atoms with Gasteiger partial charge in [-0.05, 0) is 13.8 Å². The van der Waals surface area contributed by atoms with E-state index in [4.69, 9.17) is 0 Å². The number of aliphatic hydroxyl groups excluding tert-OH is 1. The number of aromatic nitrogens is 2. The highest BCUT2D eigenvalue weighted by Crippen LogP contribution is 2.22. The predicted octanol–water partition coefficient (Wildman–Crippen LogP) is 0.403. The quantitative estimate of drug-likeness (QED) is 0.797. The van der Waals surface area contributed by atoms with Crippen LogP contribution in [0.25, 0.3) is 0 Å². The lowest BCUT2D eigenvalue weighted by Gasteiger charge is -2.34. The molecule has 17 heavy (non-hydrogen) atoms. The molecule has 1 aromatic heterocycles. The molecule has 1 fully saturated rings. The predicted molar refractivity (Wildman–Crippen MR) is 66.9 cm³/mol. The van der Waals surface area contributed by atoms with Crippen molar-refractivity contribution in [3.8, 4) is 0 Å². The topological polar surface area (TPSA) is 53.3 Å². The zero-order valence-electron chi connectivity index (χ0n) is 10.6. The van der Waals surface area contributed by atoms with Gasteiger partial charge in [0.05, 0.1) is 24.7 Å². The first-order valence-electron chi connectivity index (χ1n) is 6.31. The minimum atomic E-state index is 0.0713. The zero-order chi connectivity index (χ0) is 12.3. The number of nitrogens with one attached hydrogen (secondary N) is 1. The smallest absolute Gasteiger partial charge is 0.0951 e. The van der Waals surface area contributed by atoms with Crippen molar-refractivity contribution in [3.05, 3.63) is 18.2 Å². The lowest BCUT2D eigenvalue weighted by molar-refractivity contribution is 0.105. The monoisotopic (exact) mass is 238 g/mol. The SMILES string of the molecule is CC(C)n1cncc1C(CO)N1CCNCC1. The highest BCUT2D eigenvalue weighted by molar-refractivity contribution is 5.07. The van der Waals surface area contributed by atoms with Crippen LogP contribution in [0.4, 0.5) is 0 Å². The lowest BCUT2D eigenvalue weighted by atomic mass is 10.1. The molecule has 1 unspecified atom stereocenters. The summed E-state index contributed by atoms with van der Waals surface area (Å²) in [7, 11) is 0. The molecule has 0 aromatic carbocycles. The van der Waals surface area contributed by atoms with E-state index >= 15 is 0 Å². The van der Waals surface area contributed by atoms with E-state index in [-0.39, 0.29) is 12.6 Å². The summed E-state index contributed by atoms with van der Waals surface area (Å²) in [6.07, 6.45) is 3.73. The van der Waals surface area contributed by atoms with Crippen LogP contribution < -0.4 is 5.32 Å². The van der Waals surface area contributed by atoms with Gasteiger partial charge in [0.15, 0.2) is 0 Å². The Morgan fingerprint density at radius 2 is 2.12 bits per heavy atom. The highest BCUT2D eigenvalue weighted by Gasteiger charge is 2.24. The third kappa shape index (κ3) is 2.68. The van der Waals surface area contributed by atoms with E-state index in [0.717, 1.165) is 31.9 Å². The molecule has 1 aliphatic rings. The molecule has 1 aliphatic heterocycles. The normalized spacial score (nSPS) is 19.8. The third-order valence-electron chi connectivity index (χ3n) is 3.36. The molecule has 96 valence electrons. The molecule has 2 N–H and O–H groups in total. The van der Waals surface area contributed by atoms with Crippen molar-refractivity contribution in [2.24, 2.45) is 0 Å². The van der Waals surface area contributed by atoms with Crippen molar-refractivity contribution in [1.29, 1.82) is 0 Å². The van der Waals surface area contributed by atoms with Gasteiger partial charge in [-0.15, -0.1) is 0 Å². The standard InChI is InChI=1S/C12H22N4O/c1-10(2)16-9-14-7-11(16)12(8-17)15-5-3-13-4-6-15/h7,9-10,12-13,17H,3-6,8H2,1-2H3. The maximum Gasteiger partial charge on any atom is 0.0951 e. The molecule has 1 saturated heterocycles. The van der Waals surface area contributed by atoms with Gasteiger partial charge in [0.2, 0.25) is 0 Å². The van der Waals surface area contributed by atoms with Crippen LogP contribution in [0.1, 0.15) is 31.6 Å². The maximum absolute atomic E-state index is 9.65.